The topological polar surface area (TPSA) is 65.0 Å². The molecule has 2 aromatic carbocycles. The van der Waals surface area contributed by atoms with E-state index in [0.29, 0.717) is 40.5 Å². The fourth-order valence-corrected chi connectivity index (χ4v) is 3.40. The van der Waals surface area contributed by atoms with Crippen molar-refractivity contribution < 1.29 is 24.1 Å². The first-order valence-electron chi connectivity index (χ1n) is 7.78. The fraction of sp³-hybridized carbons (Fsp3) is 0.278. The molecule has 0 amide bonds. The van der Waals surface area contributed by atoms with Gasteiger partial charge in [-0.3, -0.25) is 4.79 Å². The van der Waals surface area contributed by atoms with Crippen LogP contribution in [0.25, 0.3) is 0 Å². The Morgan fingerprint density at radius 3 is 2.60 bits per heavy atom. The SMILES string of the molecule is O=C(O)C[C@@H]1COc2cc3c(cc21)OC[C@H](c1ccc(Cl)c(Cl)c1)O3. The van der Waals surface area contributed by atoms with Crippen LogP contribution in [0.5, 0.6) is 17.2 Å². The van der Waals surface area contributed by atoms with Crippen LogP contribution in [0.3, 0.4) is 0 Å². The van der Waals surface area contributed by atoms with Crippen molar-refractivity contribution in [2.45, 2.75) is 18.4 Å². The minimum atomic E-state index is -0.851. The molecule has 0 saturated heterocycles. The number of ether oxygens (including phenoxy) is 3. The minimum absolute atomic E-state index is 0.0263. The van der Waals surface area contributed by atoms with Crippen LogP contribution in [-0.4, -0.2) is 24.3 Å². The second kappa shape index (κ2) is 6.32. The van der Waals surface area contributed by atoms with E-state index in [1.54, 1.807) is 18.2 Å². The van der Waals surface area contributed by atoms with Crippen LogP contribution in [0, 0.1) is 0 Å². The molecule has 4 rings (SSSR count). The van der Waals surface area contributed by atoms with E-state index in [-0.39, 0.29) is 18.4 Å². The van der Waals surface area contributed by atoms with Crippen molar-refractivity contribution in [1.82, 2.24) is 0 Å². The molecular formula is C18H14Cl2O5. The van der Waals surface area contributed by atoms with Crippen molar-refractivity contribution in [3.05, 3.63) is 51.5 Å². The molecule has 130 valence electrons. The molecule has 0 aliphatic carbocycles. The minimum Gasteiger partial charge on any atom is -0.492 e. The molecule has 0 fully saturated rings. The molecule has 0 unspecified atom stereocenters. The molecule has 2 heterocycles. The number of halogens is 2. The molecule has 5 nitrogen and oxygen atoms in total. The van der Waals surface area contributed by atoms with Gasteiger partial charge in [-0.2, -0.15) is 0 Å². The van der Waals surface area contributed by atoms with Crippen molar-refractivity contribution in [1.29, 1.82) is 0 Å². The first kappa shape index (κ1) is 16.4. The summed E-state index contributed by atoms with van der Waals surface area (Å²) in [5.74, 6) is 0.779. The maximum Gasteiger partial charge on any atom is 0.304 e. The van der Waals surface area contributed by atoms with Gasteiger partial charge in [0.05, 0.1) is 23.1 Å². The van der Waals surface area contributed by atoms with E-state index in [0.717, 1.165) is 11.1 Å². The molecule has 25 heavy (non-hydrogen) atoms. The summed E-state index contributed by atoms with van der Waals surface area (Å²) in [6, 6.07) is 8.91. The smallest absolute Gasteiger partial charge is 0.304 e. The normalized spacial score (nSPS) is 20.7. The lowest BCUT2D eigenvalue weighted by Gasteiger charge is -2.27. The summed E-state index contributed by atoms with van der Waals surface area (Å²) in [5, 5.41) is 9.95. The predicted octanol–water partition coefficient (Wildman–Crippen LogP) is 4.46. The number of carboxylic acids is 1. The van der Waals surface area contributed by atoms with E-state index in [1.807, 2.05) is 12.1 Å². The van der Waals surface area contributed by atoms with Gasteiger partial charge in [0.15, 0.2) is 17.6 Å². The number of rotatable bonds is 3. The number of benzene rings is 2. The zero-order valence-electron chi connectivity index (χ0n) is 13.0. The molecule has 2 aliphatic heterocycles. The van der Waals surface area contributed by atoms with Crippen molar-refractivity contribution >= 4 is 29.2 Å². The van der Waals surface area contributed by atoms with Gasteiger partial charge in [0.25, 0.3) is 0 Å². The standard InChI is InChI=1S/C18H14Cl2O5/c19-12-2-1-9(3-13(12)20)17-8-24-15-5-11-10(4-18(21)22)7-23-14(11)6-16(15)25-17/h1-3,5-6,10,17H,4,7-8H2,(H,21,22)/t10-,17-/m1/s1. The zero-order valence-corrected chi connectivity index (χ0v) is 14.5. The van der Waals surface area contributed by atoms with Crippen molar-refractivity contribution in [3.8, 4) is 17.2 Å². The van der Waals surface area contributed by atoms with E-state index < -0.39 is 5.97 Å². The average molecular weight is 381 g/mol. The lowest BCUT2D eigenvalue weighted by Crippen LogP contribution is -2.21. The summed E-state index contributed by atoms with van der Waals surface area (Å²) >= 11 is 12.0. The molecule has 2 aliphatic rings. The summed E-state index contributed by atoms with van der Waals surface area (Å²) in [6.45, 7) is 0.676. The lowest BCUT2D eigenvalue weighted by molar-refractivity contribution is -0.137. The van der Waals surface area contributed by atoms with Crippen LogP contribution >= 0.6 is 23.2 Å². The third kappa shape index (κ3) is 3.10. The average Bonchev–Trinajstić information content (AvgIpc) is 2.96. The third-order valence-electron chi connectivity index (χ3n) is 4.35. The van der Waals surface area contributed by atoms with E-state index >= 15 is 0 Å². The van der Waals surface area contributed by atoms with Gasteiger partial charge < -0.3 is 19.3 Å². The van der Waals surface area contributed by atoms with Crippen LogP contribution < -0.4 is 14.2 Å². The molecule has 7 heteroatoms. The maximum atomic E-state index is 11.0. The van der Waals surface area contributed by atoms with Crippen LogP contribution in [0.1, 0.15) is 29.6 Å². The summed E-state index contributed by atoms with van der Waals surface area (Å²) < 4.78 is 17.5. The van der Waals surface area contributed by atoms with E-state index in [2.05, 4.69) is 0 Å². The molecular weight excluding hydrogens is 367 g/mol. The number of aliphatic carboxylic acids is 1. The van der Waals surface area contributed by atoms with Gasteiger partial charge in [0, 0.05) is 17.5 Å². The van der Waals surface area contributed by atoms with Crippen LogP contribution in [0.15, 0.2) is 30.3 Å². The highest BCUT2D eigenvalue weighted by Crippen LogP contribution is 2.46. The summed E-state index contributed by atoms with van der Waals surface area (Å²) in [5.41, 5.74) is 1.71. The van der Waals surface area contributed by atoms with Gasteiger partial charge in [0.2, 0.25) is 0 Å². The molecule has 2 aromatic rings. The van der Waals surface area contributed by atoms with Gasteiger partial charge in [0.1, 0.15) is 12.4 Å². The largest absolute Gasteiger partial charge is 0.492 e. The first-order valence-corrected chi connectivity index (χ1v) is 8.54. The highest BCUT2D eigenvalue weighted by Gasteiger charge is 2.31. The van der Waals surface area contributed by atoms with Crippen LogP contribution in [0.2, 0.25) is 10.0 Å². The highest BCUT2D eigenvalue weighted by molar-refractivity contribution is 6.42. The monoisotopic (exact) mass is 380 g/mol. The first-order chi connectivity index (χ1) is 12.0. The quantitative estimate of drug-likeness (QED) is 0.851. The summed E-state index contributed by atoms with van der Waals surface area (Å²) in [6.07, 6.45) is -0.282. The van der Waals surface area contributed by atoms with Crippen LogP contribution in [-0.2, 0) is 4.79 Å². The Labute approximate surface area is 154 Å². The second-order valence-electron chi connectivity index (χ2n) is 6.03. The molecule has 1 N–H and O–H groups in total. The van der Waals surface area contributed by atoms with Gasteiger partial charge in [-0.25, -0.2) is 0 Å². The Morgan fingerprint density at radius 1 is 1.04 bits per heavy atom. The Kier molecular flexibility index (Phi) is 4.13. The van der Waals surface area contributed by atoms with Crippen LogP contribution in [0.4, 0.5) is 0 Å². The molecule has 2 atom stereocenters. The van der Waals surface area contributed by atoms with Crippen molar-refractivity contribution in [3.63, 3.8) is 0 Å². The molecule has 0 radical (unpaired) electrons. The number of carbonyl (C=O) groups is 1. The number of hydrogen-bond acceptors (Lipinski definition) is 4. The number of hydrogen-bond donors (Lipinski definition) is 1. The van der Waals surface area contributed by atoms with Gasteiger partial charge in [-0.1, -0.05) is 29.3 Å². The van der Waals surface area contributed by atoms with Gasteiger partial charge in [-0.15, -0.1) is 0 Å². The second-order valence-corrected chi connectivity index (χ2v) is 6.85. The number of carboxylic acid groups (broad SMARTS) is 1. The van der Waals surface area contributed by atoms with E-state index in [4.69, 9.17) is 42.5 Å². The zero-order chi connectivity index (χ0) is 17.6. The van der Waals surface area contributed by atoms with Gasteiger partial charge in [-0.05, 0) is 23.8 Å². The van der Waals surface area contributed by atoms with E-state index in [9.17, 15) is 4.79 Å². The van der Waals surface area contributed by atoms with Crippen molar-refractivity contribution in [2.24, 2.45) is 0 Å². The highest BCUT2D eigenvalue weighted by atomic mass is 35.5. The molecule has 0 bridgehead atoms. The molecule has 0 spiro atoms. The Balaban J connectivity index is 1.60. The fourth-order valence-electron chi connectivity index (χ4n) is 3.10. The molecule has 0 aromatic heterocycles. The molecule has 0 saturated carbocycles. The van der Waals surface area contributed by atoms with Crippen molar-refractivity contribution in [2.75, 3.05) is 13.2 Å². The summed E-state index contributed by atoms with van der Waals surface area (Å²) in [4.78, 5) is 11.0. The summed E-state index contributed by atoms with van der Waals surface area (Å²) in [7, 11) is 0. The Bertz CT molecular complexity index is 852. The Morgan fingerprint density at radius 2 is 1.84 bits per heavy atom. The number of fused-ring (bicyclic) bond motifs is 2. The third-order valence-corrected chi connectivity index (χ3v) is 5.09. The maximum absolute atomic E-state index is 11.0. The predicted molar refractivity (Wildman–Crippen MR) is 92.3 cm³/mol. The lowest BCUT2D eigenvalue weighted by atomic mass is 9.97. The van der Waals surface area contributed by atoms with Gasteiger partial charge >= 0.3 is 5.97 Å². The Hall–Kier alpha value is -2.11. The van der Waals surface area contributed by atoms with E-state index in [1.165, 1.54) is 0 Å².